The highest BCUT2D eigenvalue weighted by atomic mass is 16.5. The van der Waals surface area contributed by atoms with E-state index in [1.807, 2.05) is 19.0 Å². The minimum absolute atomic E-state index is 0.0381. The second-order valence-corrected chi connectivity index (χ2v) is 7.40. The normalized spacial score (nSPS) is 16.9. The molecule has 2 atom stereocenters. The molecule has 1 aliphatic heterocycles. The SMILES string of the molecule is CN(C)C(C=O)CCC(c1ccccc1)c1ccc(N2CCOCC2)cc1. The smallest absolute Gasteiger partial charge is 0.137 e. The van der Waals surface area contributed by atoms with Gasteiger partial charge in [-0.15, -0.1) is 0 Å². The van der Waals surface area contributed by atoms with Crippen molar-refractivity contribution in [2.75, 3.05) is 45.3 Å². The lowest BCUT2D eigenvalue weighted by Gasteiger charge is -2.29. The summed E-state index contributed by atoms with van der Waals surface area (Å²) in [6.45, 7) is 3.49. The summed E-state index contributed by atoms with van der Waals surface area (Å²) >= 11 is 0. The maximum absolute atomic E-state index is 11.4. The molecule has 3 rings (SSSR count). The first-order valence-electron chi connectivity index (χ1n) is 9.78. The molecule has 0 aliphatic carbocycles. The minimum atomic E-state index is -0.0381. The van der Waals surface area contributed by atoms with Crippen molar-refractivity contribution >= 4 is 12.0 Å². The Kier molecular flexibility index (Phi) is 7.02. The van der Waals surface area contributed by atoms with Crippen molar-refractivity contribution in [1.82, 2.24) is 4.90 Å². The van der Waals surface area contributed by atoms with Gasteiger partial charge in [0.05, 0.1) is 19.3 Å². The highest BCUT2D eigenvalue weighted by molar-refractivity contribution is 5.57. The van der Waals surface area contributed by atoms with E-state index >= 15 is 0 Å². The molecule has 0 spiro atoms. The van der Waals surface area contributed by atoms with Crippen LogP contribution in [-0.2, 0) is 9.53 Å². The molecule has 2 aromatic rings. The molecule has 0 saturated carbocycles. The van der Waals surface area contributed by atoms with Crippen molar-refractivity contribution in [3.8, 4) is 0 Å². The summed E-state index contributed by atoms with van der Waals surface area (Å²) in [5, 5.41) is 0. The van der Waals surface area contributed by atoms with Gasteiger partial charge in [0.1, 0.15) is 6.29 Å². The van der Waals surface area contributed by atoms with E-state index < -0.39 is 0 Å². The first-order chi connectivity index (χ1) is 13.2. The molecule has 1 fully saturated rings. The number of carbonyl (C=O) groups is 1. The average molecular weight is 367 g/mol. The Bertz CT molecular complexity index is 694. The van der Waals surface area contributed by atoms with Crippen LogP contribution in [0.15, 0.2) is 54.6 Å². The van der Waals surface area contributed by atoms with Gasteiger partial charge in [-0.1, -0.05) is 42.5 Å². The number of likely N-dealkylation sites (N-methyl/N-ethyl adjacent to an activating group) is 1. The van der Waals surface area contributed by atoms with Gasteiger partial charge in [-0.05, 0) is 50.2 Å². The molecule has 0 bridgehead atoms. The zero-order valence-electron chi connectivity index (χ0n) is 16.4. The minimum Gasteiger partial charge on any atom is -0.378 e. The number of benzene rings is 2. The van der Waals surface area contributed by atoms with Gasteiger partial charge in [-0.25, -0.2) is 0 Å². The second kappa shape index (κ2) is 9.67. The zero-order chi connectivity index (χ0) is 19.1. The molecule has 1 saturated heterocycles. The molecule has 144 valence electrons. The van der Waals surface area contributed by atoms with Gasteiger partial charge in [0, 0.05) is 24.7 Å². The highest BCUT2D eigenvalue weighted by Crippen LogP contribution is 2.31. The number of rotatable bonds is 8. The number of anilines is 1. The maximum atomic E-state index is 11.4. The third-order valence-corrected chi connectivity index (χ3v) is 5.45. The number of nitrogens with zero attached hydrogens (tertiary/aromatic N) is 2. The molecule has 27 heavy (non-hydrogen) atoms. The second-order valence-electron chi connectivity index (χ2n) is 7.40. The fourth-order valence-electron chi connectivity index (χ4n) is 3.74. The van der Waals surface area contributed by atoms with Gasteiger partial charge in [-0.3, -0.25) is 0 Å². The molecule has 1 heterocycles. The van der Waals surface area contributed by atoms with Crippen LogP contribution < -0.4 is 4.90 Å². The van der Waals surface area contributed by atoms with Crippen LogP contribution in [0.5, 0.6) is 0 Å². The summed E-state index contributed by atoms with van der Waals surface area (Å²) < 4.78 is 5.45. The number of aldehydes is 1. The van der Waals surface area contributed by atoms with Crippen LogP contribution in [0, 0.1) is 0 Å². The van der Waals surface area contributed by atoms with Crippen molar-refractivity contribution in [3.63, 3.8) is 0 Å². The van der Waals surface area contributed by atoms with Crippen molar-refractivity contribution in [2.24, 2.45) is 0 Å². The van der Waals surface area contributed by atoms with Gasteiger partial charge in [0.15, 0.2) is 0 Å². The largest absolute Gasteiger partial charge is 0.378 e. The highest BCUT2D eigenvalue weighted by Gasteiger charge is 2.19. The van der Waals surface area contributed by atoms with E-state index in [-0.39, 0.29) is 6.04 Å². The predicted molar refractivity (Wildman–Crippen MR) is 111 cm³/mol. The number of ether oxygens (including phenoxy) is 1. The number of hydrogen-bond donors (Lipinski definition) is 0. The van der Waals surface area contributed by atoms with Gasteiger partial charge >= 0.3 is 0 Å². The molecule has 0 N–H and O–H groups in total. The lowest BCUT2D eigenvalue weighted by atomic mass is 9.86. The van der Waals surface area contributed by atoms with E-state index in [2.05, 4.69) is 59.5 Å². The Morgan fingerprint density at radius 3 is 2.19 bits per heavy atom. The third kappa shape index (κ3) is 5.18. The van der Waals surface area contributed by atoms with Crippen molar-refractivity contribution in [2.45, 2.75) is 24.8 Å². The third-order valence-electron chi connectivity index (χ3n) is 5.45. The summed E-state index contributed by atoms with van der Waals surface area (Å²) in [5.41, 5.74) is 3.87. The lowest BCUT2D eigenvalue weighted by molar-refractivity contribution is -0.111. The van der Waals surface area contributed by atoms with Crippen LogP contribution in [0.3, 0.4) is 0 Å². The van der Waals surface area contributed by atoms with E-state index in [9.17, 15) is 4.79 Å². The first-order valence-corrected chi connectivity index (χ1v) is 9.78. The summed E-state index contributed by atoms with van der Waals surface area (Å²) in [6, 6.07) is 19.5. The molecule has 4 nitrogen and oxygen atoms in total. The molecular formula is C23H30N2O2. The fraction of sp³-hybridized carbons (Fsp3) is 0.435. The topological polar surface area (TPSA) is 32.8 Å². The van der Waals surface area contributed by atoms with E-state index in [1.165, 1.54) is 16.8 Å². The molecule has 4 heteroatoms. The summed E-state index contributed by atoms with van der Waals surface area (Å²) in [5.74, 6) is 0.298. The van der Waals surface area contributed by atoms with Crippen LogP contribution in [0.2, 0.25) is 0 Å². The Morgan fingerprint density at radius 1 is 0.963 bits per heavy atom. The molecule has 1 aliphatic rings. The van der Waals surface area contributed by atoms with Crippen molar-refractivity contribution in [3.05, 3.63) is 65.7 Å². The van der Waals surface area contributed by atoms with E-state index in [4.69, 9.17) is 4.74 Å². The van der Waals surface area contributed by atoms with E-state index in [1.54, 1.807) is 0 Å². The summed E-state index contributed by atoms with van der Waals surface area (Å²) in [6.07, 6.45) is 2.85. The summed E-state index contributed by atoms with van der Waals surface area (Å²) in [7, 11) is 3.93. The van der Waals surface area contributed by atoms with E-state index in [0.29, 0.717) is 5.92 Å². The molecule has 2 unspecified atom stereocenters. The Morgan fingerprint density at radius 2 is 1.59 bits per heavy atom. The Hall–Kier alpha value is -2.17. The van der Waals surface area contributed by atoms with Crippen LogP contribution in [0.1, 0.15) is 29.9 Å². The average Bonchev–Trinajstić information content (AvgIpc) is 2.72. The number of carbonyl (C=O) groups excluding carboxylic acids is 1. The monoisotopic (exact) mass is 366 g/mol. The molecule has 0 aromatic heterocycles. The first kappa shape index (κ1) is 19.6. The maximum Gasteiger partial charge on any atom is 0.137 e. The van der Waals surface area contributed by atoms with Crippen molar-refractivity contribution in [1.29, 1.82) is 0 Å². The van der Waals surface area contributed by atoms with Crippen LogP contribution >= 0.6 is 0 Å². The van der Waals surface area contributed by atoms with Gasteiger partial charge in [0.25, 0.3) is 0 Å². The standard InChI is InChI=1S/C23H30N2O2/c1-24(2)22(18-26)12-13-23(19-6-4-3-5-7-19)20-8-10-21(11-9-20)25-14-16-27-17-15-25/h3-11,18,22-23H,12-17H2,1-2H3. The fourth-order valence-corrected chi connectivity index (χ4v) is 3.74. The molecular weight excluding hydrogens is 336 g/mol. The van der Waals surface area contributed by atoms with Crippen LogP contribution in [-0.4, -0.2) is 57.6 Å². The van der Waals surface area contributed by atoms with Gasteiger partial charge < -0.3 is 19.3 Å². The quantitative estimate of drug-likeness (QED) is 0.669. The van der Waals surface area contributed by atoms with Crippen LogP contribution in [0.4, 0.5) is 5.69 Å². The van der Waals surface area contributed by atoms with E-state index in [0.717, 1.165) is 45.4 Å². The zero-order valence-corrected chi connectivity index (χ0v) is 16.4. The van der Waals surface area contributed by atoms with Gasteiger partial charge in [-0.2, -0.15) is 0 Å². The molecule has 2 aromatic carbocycles. The van der Waals surface area contributed by atoms with Crippen LogP contribution in [0.25, 0.3) is 0 Å². The lowest BCUT2D eigenvalue weighted by Crippen LogP contribution is -2.36. The summed E-state index contributed by atoms with van der Waals surface area (Å²) in [4.78, 5) is 15.8. The Labute approximate surface area is 162 Å². The number of morpholine rings is 1. The Balaban J connectivity index is 1.78. The van der Waals surface area contributed by atoms with Gasteiger partial charge in [0.2, 0.25) is 0 Å². The molecule has 0 radical (unpaired) electrons. The predicted octanol–water partition coefficient (Wildman–Crippen LogP) is 3.56. The van der Waals surface area contributed by atoms with Crippen molar-refractivity contribution < 1.29 is 9.53 Å². The number of hydrogen-bond acceptors (Lipinski definition) is 4. The molecule has 0 amide bonds.